The first-order valence-electron chi connectivity index (χ1n) is 30.9. The van der Waals surface area contributed by atoms with Gasteiger partial charge in [0.25, 0.3) is 0 Å². The Hall–Kier alpha value is -10.8. The third-order valence-electron chi connectivity index (χ3n) is 19.5. The van der Waals surface area contributed by atoms with E-state index in [2.05, 4.69) is 341 Å². The molecule has 0 radical (unpaired) electrons. The molecule has 2 aliphatic carbocycles. The normalized spacial score (nSPS) is 13.4. The van der Waals surface area contributed by atoms with Crippen molar-refractivity contribution >= 4 is 88.0 Å². The van der Waals surface area contributed by atoms with Crippen molar-refractivity contribution in [2.24, 2.45) is 0 Å². The predicted molar refractivity (Wildman–Crippen MR) is 375 cm³/mol. The lowest BCUT2D eigenvalue weighted by atomic mass is 9.80. The topological polar surface area (TPSA) is 6.48 Å². The second-order valence-corrected chi connectivity index (χ2v) is 25.2. The van der Waals surface area contributed by atoms with Crippen LogP contribution in [0.3, 0.4) is 0 Å². The van der Waals surface area contributed by atoms with E-state index < -0.39 is 0 Å². The van der Waals surface area contributed by atoms with Crippen LogP contribution in [-0.2, 0) is 10.8 Å². The standard InChI is InChI=1S/C86H62N2/c1-85(2)79-33-18-17-31-71(79)72-46-41-66(53-80(72)85)87(62-25-7-5-8-26-62)64-44-49-75-77(51-64)82(59-37-35-58(36-38-59)69-32-19-24-56-21-13-15-29-68(56)69)74-48-43-65(52-78(74)83(75)61-39-34-55-20-11-12-23-60(55)50-61)88(63-27-9-6-10-28-63)67-42-47-73-76-45-40-57-22-14-16-30-70(57)84(76)86(3,4)81(73)54-67/h5-54H,1-4H3. The molecule has 0 bridgehead atoms. The molecule has 0 atom stereocenters. The Labute approximate surface area is 514 Å². The quantitative estimate of drug-likeness (QED) is 0.133. The van der Waals surface area contributed by atoms with Gasteiger partial charge in [-0.05, 0) is 211 Å². The van der Waals surface area contributed by atoms with Crippen molar-refractivity contribution in [1.29, 1.82) is 0 Å². The monoisotopic (exact) mass is 1120 g/mol. The molecule has 88 heavy (non-hydrogen) atoms. The lowest BCUT2D eigenvalue weighted by Crippen LogP contribution is -2.17. The van der Waals surface area contributed by atoms with Crippen molar-refractivity contribution in [1.82, 2.24) is 0 Å². The lowest BCUT2D eigenvalue weighted by molar-refractivity contribution is 0.660. The molecule has 416 valence electrons. The van der Waals surface area contributed by atoms with Gasteiger partial charge in [0.1, 0.15) is 0 Å². The minimum Gasteiger partial charge on any atom is -0.310 e. The molecule has 0 N–H and O–H groups in total. The van der Waals surface area contributed by atoms with Gasteiger partial charge >= 0.3 is 0 Å². The Bertz CT molecular complexity index is 5320. The third kappa shape index (κ3) is 8.02. The van der Waals surface area contributed by atoms with Gasteiger partial charge in [-0.1, -0.05) is 252 Å². The Kier molecular flexibility index (Phi) is 11.7. The number of benzene rings is 15. The molecule has 0 heterocycles. The lowest BCUT2D eigenvalue weighted by Gasteiger charge is -2.30. The van der Waals surface area contributed by atoms with E-state index in [-0.39, 0.29) is 10.8 Å². The minimum absolute atomic E-state index is 0.167. The molecule has 2 aliphatic rings. The summed E-state index contributed by atoms with van der Waals surface area (Å²) in [5.41, 5.74) is 24.1. The molecule has 17 rings (SSSR count). The summed E-state index contributed by atoms with van der Waals surface area (Å²) in [6.07, 6.45) is 0. The van der Waals surface area contributed by atoms with Gasteiger partial charge in [-0.3, -0.25) is 0 Å². The summed E-state index contributed by atoms with van der Waals surface area (Å²) in [6, 6.07) is 114. The highest BCUT2D eigenvalue weighted by molar-refractivity contribution is 6.23. The number of rotatable bonds is 9. The van der Waals surface area contributed by atoms with E-state index in [1.165, 1.54) is 126 Å². The highest BCUT2D eigenvalue weighted by atomic mass is 15.1. The van der Waals surface area contributed by atoms with Crippen LogP contribution in [0.5, 0.6) is 0 Å². The Morgan fingerprint density at radius 1 is 0.216 bits per heavy atom. The summed E-state index contributed by atoms with van der Waals surface area (Å²) in [5, 5.41) is 12.2. The van der Waals surface area contributed by atoms with E-state index in [0.29, 0.717) is 0 Å². The number of nitrogens with zero attached hydrogens (tertiary/aromatic N) is 2. The van der Waals surface area contributed by atoms with Gasteiger partial charge in [0.05, 0.1) is 0 Å². The molecule has 0 aromatic heterocycles. The second-order valence-electron chi connectivity index (χ2n) is 25.2. The zero-order chi connectivity index (χ0) is 58.8. The van der Waals surface area contributed by atoms with Crippen molar-refractivity contribution in [3.63, 3.8) is 0 Å². The highest BCUT2D eigenvalue weighted by Crippen LogP contribution is 2.55. The summed E-state index contributed by atoms with van der Waals surface area (Å²) in [4.78, 5) is 4.94. The van der Waals surface area contributed by atoms with Crippen molar-refractivity contribution in [2.45, 2.75) is 38.5 Å². The summed E-state index contributed by atoms with van der Waals surface area (Å²) in [5.74, 6) is 0. The van der Waals surface area contributed by atoms with Gasteiger partial charge in [0, 0.05) is 45.0 Å². The van der Waals surface area contributed by atoms with Crippen LogP contribution in [0.25, 0.3) is 109 Å². The maximum Gasteiger partial charge on any atom is 0.0468 e. The average molecular weight is 1120 g/mol. The third-order valence-corrected chi connectivity index (χ3v) is 19.5. The van der Waals surface area contributed by atoms with Crippen LogP contribution >= 0.6 is 0 Å². The Morgan fingerprint density at radius 3 is 1.31 bits per heavy atom. The van der Waals surface area contributed by atoms with Gasteiger partial charge < -0.3 is 9.80 Å². The average Bonchev–Trinajstić information content (AvgIpc) is 1.56. The molecular weight excluding hydrogens is 1060 g/mol. The van der Waals surface area contributed by atoms with Crippen LogP contribution in [-0.4, -0.2) is 0 Å². The van der Waals surface area contributed by atoms with Crippen LogP contribution in [0.4, 0.5) is 34.1 Å². The van der Waals surface area contributed by atoms with Gasteiger partial charge in [0.2, 0.25) is 0 Å². The largest absolute Gasteiger partial charge is 0.310 e. The maximum atomic E-state index is 2.48. The smallest absolute Gasteiger partial charge is 0.0468 e. The van der Waals surface area contributed by atoms with Crippen molar-refractivity contribution in [3.8, 4) is 55.6 Å². The van der Waals surface area contributed by atoms with E-state index in [4.69, 9.17) is 0 Å². The summed E-state index contributed by atoms with van der Waals surface area (Å²) in [6.45, 7) is 9.56. The maximum absolute atomic E-state index is 2.48. The number of hydrogen-bond donors (Lipinski definition) is 0. The van der Waals surface area contributed by atoms with Crippen LogP contribution in [0.15, 0.2) is 303 Å². The van der Waals surface area contributed by atoms with Gasteiger partial charge in [-0.25, -0.2) is 0 Å². The first-order valence-corrected chi connectivity index (χ1v) is 30.9. The van der Waals surface area contributed by atoms with Crippen LogP contribution < -0.4 is 9.80 Å². The molecule has 0 aliphatic heterocycles. The highest BCUT2D eigenvalue weighted by Gasteiger charge is 2.38. The molecule has 0 amide bonds. The molecule has 0 fully saturated rings. The number of para-hydroxylation sites is 2. The summed E-state index contributed by atoms with van der Waals surface area (Å²) < 4.78 is 0. The molecule has 0 saturated heterocycles. The molecule has 15 aromatic rings. The molecule has 15 aromatic carbocycles. The Morgan fingerprint density at radius 2 is 0.648 bits per heavy atom. The number of fused-ring (bicyclic) bond motifs is 12. The van der Waals surface area contributed by atoms with E-state index in [1.54, 1.807) is 0 Å². The summed E-state index contributed by atoms with van der Waals surface area (Å²) >= 11 is 0. The second kappa shape index (κ2) is 19.9. The molecule has 2 heteroatoms. The number of hydrogen-bond acceptors (Lipinski definition) is 2. The SMILES string of the molecule is CC1(C)c2ccccc2-c2ccc(N(c3ccccc3)c3ccc4c(-c5ccc6ccccc6c5)c5cc(N(c6ccccc6)c6ccc7c(c6)C(C)(C)c6c-7ccc7ccccc67)ccc5c(-c5ccc(-c6cccc7ccccc67)cc5)c4c3)cc21. The van der Waals surface area contributed by atoms with E-state index >= 15 is 0 Å². The minimum atomic E-state index is -0.231. The van der Waals surface area contributed by atoms with E-state index in [0.717, 1.165) is 39.7 Å². The van der Waals surface area contributed by atoms with Crippen molar-refractivity contribution in [3.05, 3.63) is 326 Å². The summed E-state index contributed by atoms with van der Waals surface area (Å²) in [7, 11) is 0. The van der Waals surface area contributed by atoms with Crippen LogP contribution in [0, 0.1) is 0 Å². The fourth-order valence-electron chi connectivity index (χ4n) is 15.4. The zero-order valence-corrected chi connectivity index (χ0v) is 49.8. The molecule has 2 nitrogen and oxygen atoms in total. The fourth-order valence-corrected chi connectivity index (χ4v) is 15.4. The van der Waals surface area contributed by atoms with Crippen molar-refractivity contribution < 1.29 is 0 Å². The van der Waals surface area contributed by atoms with Crippen LogP contribution in [0.1, 0.15) is 49.9 Å². The molecule has 0 saturated carbocycles. The predicted octanol–water partition coefficient (Wildman–Crippen LogP) is 24.0. The molecule has 0 unspecified atom stereocenters. The molecule has 0 spiro atoms. The van der Waals surface area contributed by atoms with Gasteiger partial charge in [-0.15, -0.1) is 0 Å². The van der Waals surface area contributed by atoms with E-state index in [1.807, 2.05) is 0 Å². The molecular formula is C86H62N2. The first kappa shape index (κ1) is 51.6. The Balaban J connectivity index is 0.923. The van der Waals surface area contributed by atoms with Gasteiger partial charge in [-0.2, -0.15) is 0 Å². The zero-order valence-electron chi connectivity index (χ0n) is 49.8. The van der Waals surface area contributed by atoms with Crippen molar-refractivity contribution in [2.75, 3.05) is 9.80 Å². The number of anilines is 6. The first-order chi connectivity index (χ1) is 43.2. The van der Waals surface area contributed by atoms with Crippen LogP contribution in [0.2, 0.25) is 0 Å². The van der Waals surface area contributed by atoms with E-state index in [9.17, 15) is 0 Å². The van der Waals surface area contributed by atoms with Gasteiger partial charge in [0.15, 0.2) is 0 Å². The fraction of sp³-hybridized carbons (Fsp3) is 0.0698.